The quantitative estimate of drug-likeness (QED) is 0.639. The molecule has 0 atom stereocenters. The van der Waals surface area contributed by atoms with E-state index in [9.17, 15) is 5.11 Å². The summed E-state index contributed by atoms with van der Waals surface area (Å²) >= 11 is 0. The van der Waals surface area contributed by atoms with E-state index in [1.54, 1.807) is 0 Å². The van der Waals surface area contributed by atoms with Crippen LogP contribution in [-0.4, -0.2) is 42.2 Å². The summed E-state index contributed by atoms with van der Waals surface area (Å²) < 4.78 is 0. The third kappa shape index (κ3) is 3.96. The van der Waals surface area contributed by atoms with E-state index >= 15 is 0 Å². The lowest BCUT2D eigenvalue weighted by atomic mass is 9.80. The van der Waals surface area contributed by atoms with Crippen LogP contribution in [0.2, 0.25) is 0 Å². The highest BCUT2D eigenvalue weighted by molar-refractivity contribution is 5.79. The van der Waals surface area contributed by atoms with Crippen LogP contribution in [0.4, 0.5) is 0 Å². The van der Waals surface area contributed by atoms with Crippen molar-refractivity contribution in [3.63, 3.8) is 0 Å². The molecule has 1 aromatic carbocycles. The van der Waals surface area contributed by atoms with Gasteiger partial charge in [0.1, 0.15) is 0 Å². The summed E-state index contributed by atoms with van der Waals surface area (Å²) in [6.45, 7) is 1.23. The molecular formula is C15H23N3O. The van der Waals surface area contributed by atoms with Gasteiger partial charge in [-0.1, -0.05) is 30.3 Å². The Balaban J connectivity index is 1.91. The van der Waals surface area contributed by atoms with Gasteiger partial charge >= 0.3 is 0 Å². The summed E-state index contributed by atoms with van der Waals surface area (Å²) in [6, 6.07) is 10.2. The predicted octanol–water partition coefficient (Wildman–Crippen LogP) is 1.61. The van der Waals surface area contributed by atoms with E-state index in [2.05, 4.69) is 22.4 Å². The number of hydrogen-bond donors (Lipinski definition) is 2. The zero-order chi connectivity index (χ0) is 13.7. The smallest absolute Gasteiger partial charge is 0.193 e. The third-order valence-corrected chi connectivity index (χ3v) is 3.54. The minimum atomic E-state index is -0.524. The highest BCUT2D eigenvalue weighted by Crippen LogP contribution is 2.30. The lowest BCUT2D eigenvalue weighted by Gasteiger charge is -2.37. The minimum absolute atomic E-state index is 0.524. The Kier molecular flexibility index (Phi) is 4.43. The second-order valence-corrected chi connectivity index (χ2v) is 5.45. The second-order valence-electron chi connectivity index (χ2n) is 5.45. The van der Waals surface area contributed by atoms with Crippen molar-refractivity contribution in [2.45, 2.75) is 31.4 Å². The molecule has 1 aromatic rings. The zero-order valence-electron chi connectivity index (χ0n) is 11.8. The van der Waals surface area contributed by atoms with Crippen molar-refractivity contribution in [1.29, 1.82) is 0 Å². The molecule has 1 aliphatic rings. The van der Waals surface area contributed by atoms with Gasteiger partial charge in [0.25, 0.3) is 0 Å². The summed E-state index contributed by atoms with van der Waals surface area (Å²) in [4.78, 5) is 6.52. The number of nitrogens with one attached hydrogen (secondary N) is 1. The topological polar surface area (TPSA) is 47.9 Å². The largest absolute Gasteiger partial charge is 0.388 e. The molecule has 0 saturated heterocycles. The molecule has 0 heterocycles. The number of benzene rings is 1. The van der Waals surface area contributed by atoms with Crippen LogP contribution < -0.4 is 5.32 Å². The van der Waals surface area contributed by atoms with Gasteiger partial charge in [-0.3, -0.25) is 0 Å². The first-order valence-corrected chi connectivity index (χ1v) is 6.81. The van der Waals surface area contributed by atoms with Crippen LogP contribution in [0.15, 0.2) is 35.3 Å². The molecule has 104 valence electrons. The van der Waals surface area contributed by atoms with Gasteiger partial charge in [-0.05, 0) is 24.8 Å². The van der Waals surface area contributed by atoms with Gasteiger partial charge < -0.3 is 15.3 Å². The van der Waals surface area contributed by atoms with Crippen LogP contribution in [0.25, 0.3) is 0 Å². The molecule has 0 aromatic heterocycles. The van der Waals surface area contributed by atoms with E-state index in [4.69, 9.17) is 0 Å². The molecule has 4 nitrogen and oxygen atoms in total. The second kappa shape index (κ2) is 6.06. The lowest BCUT2D eigenvalue weighted by molar-refractivity contribution is -0.0281. The standard InChI is InChI=1S/C15H23N3O/c1-18(2)14(17-12-15(19)9-6-10-15)16-11-13-7-4-3-5-8-13/h3-5,7-8,19H,6,9-12H2,1-2H3,(H,16,17). The zero-order valence-corrected chi connectivity index (χ0v) is 11.8. The van der Waals surface area contributed by atoms with Gasteiger partial charge in [-0.25, -0.2) is 4.99 Å². The van der Waals surface area contributed by atoms with E-state index in [0.717, 1.165) is 25.2 Å². The fraction of sp³-hybridized carbons (Fsp3) is 0.533. The van der Waals surface area contributed by atoms with Crippen LogP contribution >= 0.6 is 0 Å². The maximum atomic E-state index is 10.1. The molecule has 0 bridgehead atoms. The summed E-state index contributed by atoms with van der Waals surface area (Å²) in [6.07, 6.45) is 2.90. The average molecular weight is 261 g/mol. The minimum Gasteiger partial charge on any atom is -0.388 e. The number of aliphatic hydroxyl groups is 1. The Bertz CT molecular complexity index is 424. The average Bonchev–Trinajstić information content (AvgIpc) is 2.37. The van der Waals surface area contributed by atoms with Gasteiger partial charge in [-0.2, -0.15) is 0 Å². The first kappa shape index (κ1) is 13.9. The summed E-state index contributed by atoms with van der Waals surface area (Å²) in [5.41, 5.74) is 0.662. The van der Waals surface area contributed by atoms with E-state index < -0.39 is 5.60 Å². The molecular weight excluding hydrogens is 238 g/mol. The van der Waals surface area contributed by atoms with Crippen molar-refractivity contribution >= 4 is 5.96 Å². The van der Waals surface area contributed by atoms with Crippen molar-refractivity contribution in [1.82, 2.24) is 10.2 Å². The Hall–Kier alpha value is -1.55. The van der Waals surface area contributed by atoms with Gasteiger partial charge in [0.15, 0.2) is 5.96 Å². The third-order valence-electron chi connectivity index (χ3n) is 3.54. The first-order valence-electron chi connectivity index (χ1n) is 6.81. The Morgan fingerprint density at radius 2 is 2.00 bits per heavy atom. The van der Waals surface area contributed by atoms with E-state index in [1.807, 2.05) is 37.2 Å². The molecule has 0 spiro atoms. The Morgan fingerprint density at radius 1 is 1.32 bits per heavy atom. The fourth-order valence-corrected chi connectivity index (χ4v) is 2.11. The normalized spacial score (nSPS) is 17.7. The van der Waals surface area contributed by atoms with Crippen LogP contribution in [0.3, 0.4) is 0 Å². The van der Waals surface area contributed by atoms with Crippen LogP contribution in [0.1, 0.15) is 24.8 Å². The fourth-order valence-electron chi connectivity index (χ4n) is 2.11. The van der Waals surface area contributed by atoms with Crippen molar-refractivity contribution in [2.75, 3.05) is 20.6 Å². The SMILES string of the molecule is CN(C)C(=NCc1ccccc1)NCC1(O)CCC1. The molecule has 19 heavy (non-hydrogen) atoms. The lowest BCUT2D eigenvalue weighted by Crippen LogP contribution is -2.50. The molecule has 1 aliphatic carbocycles. The van der Waals surface area contributed by atoms with E-state index in [-0.39, 0.29) is 0 Å². The van der Waals surface area contributed by atoms with Crippen LogP contribution in [0, 0.1) is 0 Å². The van der Waals surface area contributed by atoms with Crippen LogP contribution in [0.5, 0.6) is 0 Å². The van der Waals surface area contributed by atoms with Crippen molar-refractivity contribution in [2.24, 2.45) is 4.99 Å². The van der Waals surface area contributed by atoms with Gasteiger partial charge in [0.2, 0.25) is 0 Å². The summed E-state index contributed by atoms with van der Waals surface area (Å²) in [5.74, 6) is 0.823. The Labute approximate surface area is 115 Å². The Morgan fingerprint density at radius 3 is 2.53 bits per heavy atom. The number of aliphatic imine (C=N–C) groups is 1. The molecule has 0 aliphatic heterocycles. The molecule has 1 fully saturated rings. The van der Waals surface area contributed by atoms with Crippen LogP contribution in [-0.2, 0) is 6.54 Å². The number of hydrogen-bond acceptors (Lipinski definition) is 2. The monoisotopic (exact) mass is 261 g/mol. The molecule has 2 rings (SSSR count). The summed E-state index contributed by atoms with van der Waals surface area (Å²) in [5, 5.41) is 13.3. The first-order chi connectivity index (χ1) is 9.09. The van der Waals surface area contributed by atoms with E-state index in [0.29, 0.717) is 13.1 Å². The molecule has 0 unspecified atom stereocenters. The number of rotatable bonds is 4. The maximum Gasteiger partial charge on any atom is 0.193 e. The van der Waals surface area contributed by atoms with Crippen molar-refractivity contribution in [3.8, 4) is 0 Å². The van der Waals surface area contributed by atoms with E-state index in [1.165, 1.54) is 5.56 Å². The molecule has 0 amide bonds. The number of guanidine groups is 1. The number of nitrogens with zero attached hydrogens (tertiary/aromatic N) is 2. The van der Waals surface area contributed by atoms with Crippen molar-refractivity contribution in [3.05, 3.63) is 35.9 Å². The molecule has 4 heteroatoms. The highest BCUT2D eigenvalue weighted by Gasteiger charge is 2.34. The summed E-state index contributed by atoms with van der Waals surface area (Å²) in [7, 11) is 3.92. The van der Waals surface area contributed by atoms with Gasteiger partial charge in [0, 0.05) is 20.6 Å². The van der Waals surface area contributed by atoms with Gasteiger partial charge in [-0.15, -0.1) is 0 Å². The highest BCUT2D eigenvalue weighted by atomic mass is 16.3. The maximum absolute atomic E-state index is 10.1. The molecule has 0 radical (unpaired) electrons. The van der Waals surface area contributed by atoms with Gasteiger partial charge in [0.05, 0.1) is 12.1 Å². The molecule has 1 saturated carbocycles. The van der Waals surface area contributed by atoms with Crippen molar-refractivity contribution < 1.29 is 5.11 Å². The predicted molar refractivity (Wildman–Crippen MR) is 78.1 cm³/mol. The molecule has 2 N–H and O–H groups in total.